The zero-order valence-corrected chi connectivity index (χ0v) is 19.3. The Morgan fingerprint density at radius 3 is 2.68 bits per heavy atom. The molecule has 2 atom stereocenters. The maximum atomic E-state index is 13.9. The fraction of sp³-hybridized carbons (Fsp3) is 0.348. The van der Waals surface area contributed by atoms with Crippen molar-refractivity contribution >= 4 is 39.2 Å². The van der Waals surface area contributed by atoms with Crippen LogP contribution in [0.15, 0.2) is 53.4 Å². The molecule has 2 aromatic carbocycles. The molecular weight excluding hydrogens is 463 g/mol. The van der Waals surface area contributed by atoms with Crippen molar-refractivity contribution in [2.24, 2.45) is 5.92 Å². The summed E-state index contributed by atoms with van der Waals surface area (Å²) in [4.78, 5) is 38.8. The standard InChI is InChI=1S/C23H25FN4O5S/c1-15-7-4-5-12-23(15)21(30)28(22(31)26-23)14-20(29)25-16-8-6-9-17(13-16)34(32,33)27-19-11-3-2-10-18(19)24/h2-3,6,8-11,13,15,27H,4-5,7,12,14H2,1H3,(H,25,29)(H,26,31)/t15-,23+/m1/s1. The van der Waals surface area contributed by atoms with Crippen LogP contribution in [0.25, 0.3) is 0 Å². The van der Waals surface area contributed by atoms with E-state index in [1.807, 2.05) is 6.92 Å². The molecule has 1 aliphatic carbocycles. The molecule has 1 aliphatic heterocycles. The Hall–Kier alpha value is -3.47. The van der Waals surface area contributed by atoms with Crippen LogP contribution in [0.3, 0.4) is 0 Å². The van der Waals surface area contributed by atoms with Gasteiger partial charge in [-0.25, -0.2) is 17.6 Å². The molecule has 1 saturated carbocycles. The molecule has 0 aromatic heterocycles. The van der Waals surface area contributed by atoms with Gasteiger partial charge < -0.3 is 10.6 Å². The lowest BCUT2D eigenvalue weighted by Gasteiger charge is -2.36. The zero-order chi connectivity index (χ0) is 24.5. The maximum Gasteiger partial charge on any atom is 0.325 e. The lowest BCUT2D eigenvalue weighted by molar-refractivity contribution is -0.136. The highest BCUT2D eigenvalue weighted by Gasteiger charge is 2.55. The van der Waals surface area contributed by atoms with Crippen LogP contribution in [0.2, 0.25) is 0 Å². The lowest BCUT2D eigenvalue weighted by atomic mass is 9.73. The van der Waals surface area contributed by atoms with Crippen LogP contribution in [-0.2, 0) is 19.6 Å². The number of anilines is 2. The van der Waals surface area contributed by atoms with Crippen molar-refractivity contribution in [3.8, 4) is 0 Å². The molecule has 2 aliphatic rings. The minimum absolute atomic E-state index is 0.0328. The number of rotatable bonds is 6. The second-order valence-corrected chi connectivity index (χ2v) is 10.3. The molecule has 11 heteroatoms. The summed E-state index contributed by atoms with van der Waals surface area (Å²) in [6, 6.07) is 10.1. The van der Waals surface area contributed by atoms with Gasteiger partial charge in [0, 0.05) is 5.69 Å². The SMILES string of the molecule is C[C@@H]1CCCC[C@]12NC(=O)N(CC(=O)Nc1cccc(S(=O)(=O)Nc3ccccc3F)c1)C2=O. The van der Waals surface area contributed by atoms with Gasteiger partial charge >= 0.3 is 6.03 Å². The van der Waals surface area contributed by atoms with Crippen LogP contribution >= 0.6 is 0 Å². The molecule has 2 aromatic rings. The number of urea groups is 1. The molecule has 1 spiro atoms. The number of sulfonamides is 1. The summed E-state index contributed by atoms with van der Waals surface area (Å²) in [5.41, 5.74) is -1.03. The Morgan fingerprint density at radius 2 is 1.94 bits per heavy atom. The largest absolute Gasteiger partial charge is 0.325 e. The Balaban J connectivity index is 1.45. The van der Waals surface area contributed by atoms with Gasteiger partial charge in [-0.05, 0) is 49.1 Å². The summed E-state index contributed by atoms with van der Waals surface area (Å²) in [7, 11) is -4.13. The summed E-state index contributed by atoms with van der Waals surface area (Å²) < 4.78 is 41.3. The third-order valence-electron chi connectivity index (χ3n) is 6.35. The average molecular weight is 489 g/mol. The van der Waals surface area contributed by atoms with Crippen molar-refractivity contribution in [2.45, 2.75) is 43.0 Å². The molecule has 0 bridgehead atoms. The predicted molar refractivity (Wildman–Crippen MR) is 123 cm³/mol. The number of nitrogens with zero attached hydrogens (tertiary/aromatic N) is 1. The molecule has 1 saturated heterocycles. The summed E-state index contributed by atoms with van der Waals surface area (Å²) in [6.45, 7) is 1.42. The molecule has 0 unspecified atom stereocenters. The number of amides is 4. The number of nitrogens with one attached hydrogen (secondary N) is 3. The van der Waals surface area contributed by atoms with Gasteiger partial charge in [0.1, 0.15) is 17.9 Å². The van der Waals surface area contributed by atoms with Gasteiger partial charge in [-0.2, -0.15) is 0 Å². The quantitative estimate of drug-likeness (QED) is 0.539. The molecular formula is C23H25FN4O5S. The number of imide groups is 1. The average Bonchev–Trinajstić information content (AvgIpc) is 3.02. The molecule has 4 rings (SSSR count). The minimum atomic E-state index is -4.13. The Bertz CT molecular complexity index is 1250. The highest BCUT2D eigenvalue weighted by Crippen LogP contribution is 2.38. The van der Waals surface area contributed by atoms with Gasteiger partial charge in [0.05, 0.1) is 10.6 Å². The number of benzene rings is 2. The van der Waals surface area contributed by atoms with E-state index in [-0.39, 0.29) is 22.2 Å². The number of carbonyl (C=O) groups is 3. The van der Waals surface area contributed by atoms with E-state index in [9.17, 15) is 27.2 Å². The lowest BCUT2D eigenvalue weighted by Crippen LogP contribution is -2.54. The van der Waals surface area contributed by atoms with Gasteiger partial charge in [0.25, 0.3) is 15.9 Å². The molecule has 34 heavy (non-hydrogen) atoms. The summed E-state index contributed by atoms with van der Waals surface area (Å²) in [5, 5.41) is 5.31. The molecule has 3 N–H and O–H groups in total. The molecule has 4 amide bonds. The van der Waals surface area contributed by atoms with Crippen molar-refractivity contribution in [3.05, 3.63) is 54.3 Å². The topological polar surface area (TPSA) is 125 Å². The molecule has 2 fully saturated rings. The zero-order valence-electron chi connectivity index (χ0n) is 18.5. The van der Waals surface area contributed by atoms with E-state index in [1.54, 1.807) is 0 Å². The van der Waals surface area contributed by atoms with E-state index in [2.05, 4.69) is 15.4 Å². The van der Waals surface area contributed by atoms with Crippen molar-refractivity contribution in [1.29, 1.82) is 0 Å². The van der Waals surface area contributed by atoms with Gasteiger partial charge in [0.15, 0.2) is 0 Å². The van der Waals surface area contributed by atoms with Crippen LogP contribution in [-0.4, -0.2) is 43.2 Å². The number of hydrogen-bond donors (Lipinski definition) is 3. The van der Waals surface area contributed by atoms with Gasteiger partial charge in [-0.15, -0.1) is 0 Å². The Labute approximate surface area is 196 Å². The predicted octanol–water partition coefficient (Wildman–Crippen LogP) is 3.07. The first-order valence-corrected chi connectivity index (χ1v) is 12.4. The van der Waals surface area contributed by atoms with E-state index < -0.39 is 45.8 Å². The number of para-hydroxylation sites is 1. The molecule has 180 valence electrons. The first kappa shape index (κ1) is 23.7. The fourth-order valence-corrected chi connectivity index (χ4v) is 5.58. The molecule has 9 nitrogen and oxygen atoms in total. The van der Waals surface area contributed by atoms with E-state index in [0.717, 1.165) is 30.2 Å². The van der Waals surface area contributed by atoms with Gasteiger partial charge in [0.2, 0.25) is 5.91 Å². The highest BCUT2D eigenvalue weighted by molar-refractivity contribution is 7.92. The molecule has 0 radical (unpaired) electrons. The smallest absolute Gasteiger partial charge is 0.324 e. The van der Waals surface area contributed by atoms with Crippen LogP contribution in [0.4, 0.5) is 20.6 Å². The summed E-state index contributed by atoms with van der Waals surface area (Å²) >= 11 is 0. The van der Waals surface area contributed by atoms with E-state index >= 15 is 0 Å². The number of carbonyl (C=O) groups excluding carboxylic acids is 3. The van der Waals surface area contributed by atoms with Crippen LogP contribution in [0.5, 0.6) is 0 Å². The van der Waals surface area contributed by atoms with Crippen LogP contribution < -0.4 is 15.4 Å². The maximum absolute atomic E-state index is 13.9. The summed E-state index contributed by atoms with van der Waals surface area (Å²) in [6.07, 6.45) is 3.15. The third kappa shape index (κ3) is 4.47. The van der Waals surface area contributed by atoms with E-state index in [0.29, 0.717) is 6.42 Å². The van der Waals surface area contributed by atoms with Crippen LogP contribution in [0, 0.1) is 11.7 Å². The second-order valence-electron chi connectivity index (χ2n) is 8.60. The first-order chi connectivity index (χ1) is 16.1. The van der Waals surface area contributed by atoms with Crippen molar-refractivity contribution in [3.63, 3.8) is 0 Å². The number of halogens is 1. The fourth-order valence-electron chi connectivity index (χ4n) is 4.47. The molecule has 1 heterocycles. The first-order valence-electron chi connectivity index (χ1n) is 10.9. The van der Waals surface area contributed by atoms with E-state index in [4.69, 9.17) is 0 Å². The van der Waals surface area contributed by atoms with Gasteiger partial charge in [-0.3, -0.25) is 19.2 Å². The van der Waals surface area contributed by atoms with Gasteiger partial charge in [-0.1, -0.05) is 38.0 Å². The van der Waals surface area contributed by atoms with E-state index in [1.165, 1.54) is 42.5 Å². The van der Waals surface area contributed by atoms with Crippen molar-refractivity contribution in [2.75, 3.05) is 16.6 Å². The Kier molecular flexibility index (Phi) is 6.30. The summed E-state index contributed by atoms with van der Waals surface area (Å²) in [5.74, 6) is -1.82. The second kappa shape index (κ2) is 9.05. The minimum Gasteiger partial charge on any atom is -0.324 e. The normalized spacial score (nSPS) is 22.5. The third-order valence-corrected chi connectivity index (χ3v) is 7.71. The number of hydrogen-bond acceptors (Lipinski definition) is 5. The van der Waals surface area contributed by atoms with Crippen molar-refractivity contribution < 1.29 is 27.2 Å². The highest BCUT2D eigenvalue weighted by atomic mass is 32.2. The monoisotopic (exact) mass is 488 g/mol. The Morgan fingerprint density at radius 1 is 1.18 bits per heavy atom. The van der Waals surface area contributed by atoms with Crippen LogP contribution in [0.1, 0.15) is 32.6 Å². The van der Waals surface area contributed by atoms with Crippen molar-refractivity contribution in [1.82, 2.24) is 10.2 Å².